The van der Waals surface area contributed by atoms with E-state index in [0.717, 1.165) is 16.9 Å². The average Bonchev–Trinajstić information content (AvgIpc) is 2.92. The zero-order chi connectivity index (χ0) is 25.2. The van der Waals surface area contributed by atoms with Crippen molar-refractivity contribution < 1.29 is 22.7 Å². The number of fused-ring (bicyclic) bond motifs is 1. The van der Waals surface area contributed by atoms with E-state index in [4.69, 9.17) is 22.1 Å². The monoisotopic (exact) mass is 512 g/mol. The van der Waals surface area contributed by atoms with Crippen LogP contribution >= 0.6 is 11.6 Å². The van der Waals surface area contributed by atoms with Gasteiger partial charge in [-0.05, 0) is 60.0 Å². The van der Waals surface area contributed by atoms with E-state index in [9.17, 15) is 18.0 Å². The molecule has 0 spiro atoms. The Bertz CT molecular complexity index is 1360. The highest BCUT2D eigenvalue weighted by atomic mass is 35.5. The molecule has 0 aliphatic carbocycles. The predicted octanol–water partition coefficient (Wildman–Crippen LogP) is 3.81. The van der Waals surface area contributed by atoms with Crippen molar-refractivity contribution in [2.75, 3.05) is 17.8 Å². The number of sulfone groups is 1. The highest BCUT2D eigenvalue weighted by Gasteiger charge is 2.36. The number of carbonyl (C=O) groups excluding carboxylic acids is 2. The zero-order valence-corrected chi connectivity index (χ0v) is 20.7. The molecule has 2 N–H and O–H groups in total. The van der Waals surface area contributed by atoms with Crippen LogP contribution in [0.25, 0.3) is 0 Å². The first-order chi connectivity index (χ1) is 16.7. The standard InChI is InChI=1S/C26H25ClN2O5S/c1-34-21-10-4-17(5-11-21)6-12-24(30)19-7-13-25-23(14-19)29(15-18-2-8-20(27)9-3-18)26(31)22(28)16-35(25,32)33/h2-5,7-11,13-14,22H,6,12,15-16,28H2,1H3/t22-/m0/s1. The summed E-state index contributed by atoms with van der Waals surface area (Å²) in [6.07, 6.45) is 0.735. The van der Waals surface area contributed by atoms with Crippen molar-refractivity contribution in [1.29, 1.82) is 0 Å². The number of ketones is 1. The molecule has 3 aromatic carbocycles. The summed E-state index contributed by atoms with van der Waals surface area (Å²) >= 11 is 5.97. The fourth-order valence-electron chi connectivity index (χ4n) is 4.01. The van der Waals surface area contributed by atoms with E-state index in [-0.39, 0.29) is 29.3 Å². The molecule has 4 rings (SSSR count). The summed E-state index contributed by atoms with van der Waals surface area (Å²) in [6.45, 7) is 0.0930. The molecule has 0 fully saturated rings. The van der Waals surface area contributed by atoms with Crippen LogP contribution in [-0.4, -0.2) is 39.0 Å². The second-order valence-corrected chi connectivity index (χ2v) is 10.8. The summed E-state index contributed by atoms with van der Waals surface area (Å²) in [4.78, 5) is 27.5. The lowest BCUT2D eigenvalue weighted by atomic mass is 10.0. The number of aryl methyl sites for hydroxylation is 1. The number of rotatable bonds is 7. The van der Waals surface area contributed by atoms with Crippen LogP contribution in [0.15, 0.2) is 71.6 Å². The number of halogens is 1. The molecule has 9 heteroatoms. The first-order valence-electron chi connectivity index (χ1n) is 11.0. The number of carbonyl (C=O) groups is 2. The minimum absolute atomic E-state index is 0.0144. The molecule has 0 saturated carbocycles. The highest BCUT2D eigenvalue weighted by molar-refractivity contribution is 7.91. The number of anilines is 1. The molecule has 0 bridgehead atoms. The van der Waals surface area contributed by atoms with Crippen LogP contribution in [0.2, 0.25) is 5.02 Å². The molecule has 35 heavy (non-hydrogen) atoms. The largest absolute Gasteiger partial charge is 0.497 e. The van der Waals surface area contributed by atoms with Gasteiger partial charge in [0.25, 0.3) is 0 Å². The molecular weight excluding hydrogens is 488 g/mol. The number of hydrogen-bond donors (Lipinski definition) is 1. The van der Waals surface area contributed by atoms with Gasteiger partial charge < -0.3 is 15.4 Å². The van der Waals surface area contributed by atoms with E-state index >= 15 is 0 Å². The van der Waals surface area contributed by atoms with Crippen molar-refractivity contribution >= 4 is 38.8 Å². The lowest BCUT2D eigenvalue weighted by Gasteiger charge is -2.24. The predicted molar refractivity (Wildman–Crippen MR) is 135 cm³/mol. The Labute approximate surface area is 209 Å². The SMILES string of the molecule is COc1ccc(CCC(=O)c2ccc3c(c2)N(Cc2ccc(Cl)cc2)C(=O)[C@@H](N)CS3(=O)=O)cc1. The Hall–Kier alpha value is -3.20. The third kappa shape index (κ3) is 5.56. The number of Topliss-reactive ketones (excluding diaryl/α,β-unsaturated/α-hetero) is 1. The summed E-state index contributed by atoms with van der Waals surface area (Å²) in [7, 11) is -2.24. The van der Waals surface area contributed by atoms with Gasteiger partial charge >= 0.3 is 0 Å². The summed E-state index contributed by atoms with van der Waals surface area (Å²) in [6, 6.07) is 17.5. The van der Waals surface area contributed by atoms with E-state index in [2.05, 4.69) is 0 Å². The molecule has 3 aromatic rings. The van der Waals surface area contributed by atoms with Gasteiger partial charge in [-0.25, -0.2) is 8.42 Å². The average molecular weight is 513 g/mol. The van der Waals surface area contributed by atoms with E-state index in [1.165, 1.54) is 23.1 Å². The van der Waals surface area contributed by atoms with Crippen molar-refractivity contribution in [3.63, 3.8) is 0 Å². The molecule has 1 aliphatic rings. The fourth-order valence-corrected chi connectivity index (χ4v) is 5.70. The number of benzene rings is 3. The van der Waals surface area contributed by atoms with Crippen LogP contribution in [0.4, 0.5) is 5.69 Å². The quantitative estimate of drug-likeness (QED) is 0.482. The molecule has 7 nitrogen and oxygen atoms in total. The van der Waals surface area contributed by atoms with E-state index in [1.54, 1.807) is 31.4 Å². The van der Waals surface area contributed by atoms with Gasteiger partial charge in [0.1, 0.15) is 5.75 Å². The summed E-state index contributed by atoms with van der Waals surface area (Å²) in [5.74, 6) is -0.449. The Balaban J connectivity index is 1.65. The zero-order valence-electron chi connectivity index (χ0n) is 19.1. The maximum absolute atomic E-state index is 13.1. The maximum atomic E-state index is 13.1. The van der Waals surface area contributed by atoms with E-state index in [0.29, 0.717) is 17.0 Å². The van der Waals surface area contributed by atoms with Crippen LogP contribution in [0, 0.1) is 0 Å². The molecule has 1 heterocycles. The van der Waals surface area contributed by atoms with Crippen molar-refractivity contribution in [3.8, 4) is 5.75 Å². The van der Waals surface area contributed by atoms with Gasteiger partial charge in [0.15, 0.2) is 15.6 Å². The summed E-state index contributed by atoms with van der Waals surface area (Å²) < 4.78 is 31.1. The summed E-state index contributed by atoms with van der Waals surface area (Å²) in [5, 5.41) is 0.542. The molecule has 0 saturated heterocycles. The van der Waals surface area contributed by atoms with Gasteiger partial charge in [-0.15, -0.1) is 0 Å². The first-order valence-corrected chi connectivity index (χ1v) is 13.1. The van der Waals surface area contributed by atoms with Gasteiger partial charge in [-0.3, -0.25) is 9.59 Å². The van der Waals surface area contributed by atoms with Crippen LogP contribution in [0.5, 0.6) is 5.75 Å². The summed E-state index contributed by atoms with van der Waals surface area (Å²) in [5.41, 5.74) is 8.18. The van der Waals surface area contributed by atoms with Crippen LogP contribution in [0.3, 0.4) is 0 Å². The number of ether oxygens (including phenoxy) is 1. The fraction of sp³-hybridized carbons (Fsp3) is 0.231. The Kier molecular flexibility index (Phi) is 7.25. The van der Waals surface area contributed by atoms with E-state index < -0.39 is 27.5 Å². The number of amides is 1. The van der Waals surface area contributed by atoms with Crippen molar-refractivity contribution in [3.05, 3.63) is 88.4 Å². The van der Waals surface area contributed by atoms with Crippen molar-refractivity contribution in [1.82, 2.24) is 0 Å². The Morgan fingerprint density at radius 1 is 1.06 bits per heavy atom. The van der Waals surface area contributed by atoms with Crippen LogP contribution in [0.1, 0.15) is 27.9 Å². The smallest absolute Gasteiger partial charge is 0.245 e. The number of methoxy groups -OCH3 is 1. The maximum Gasteiger partial charge on any atom is 0.245 e. The third-order valence-electron chi connectivity index (χ3n) is 5.94. The van der Waals surface area contributed by atoms with Gasteiger partial charge in [0.2, 0.25) is 5.91 Å². The van der Waals surface area contributed by atoms with Crippen LogP contribution < -0.4 is 15.4 Å². The van der Waals surface area contributed by atoms with Gasteiger partial charge in [0, 0.05) is 17.0 Å². The molecule has 182 valence electrons. The lowest BCUT2D eigenvalue weighted by molar-refractivity contribution is -0.119. The number of nitrogens with two attached hydrogens (primary N) is 1. The molecule has 0 aromatic heterocycles. The third-order valence-corrected chi connectivity index (χ3v) is 8.01. The van der Waals surface area contributed by atoms with Crippen molar-refractivity contribution in [2.24, 2.45) is 5.73 Å². The lowest BCUT2D eigenvalue weighted by Crippen LogP contribution is -2.45. The number of nitrogens with zero attached hydrogens (tertiary/aromatic N) is 1. The van der Waals surface area contributed by atoms with Gasteiger partial charge in [-0.2, -0.15) is 0 Å². The molecule has 1 aliphatic heterocycles. The minimum Gasteiger partial charge on any atom is -0.497 e. The van der Waals surface area contributed by atoms with E-state index in [1.807, 2.05) is 24.3 Å². The Morgan fingerprint density at radius 3 is 2.37 bits per heavy atom. The molecular formula is C26H25ClN2O5S. The minimum atomic E-state index is -3.83. The molecule has 1 atom stereocenters. The topological polar surface area (TPSA) is 107 Å². The second kappa shape index (κ2) is 10.2. The molecule has 0 unspecified atom stereocenters. The first kappa shape index (κ1) is 24.9. The number of hydrogen-bond acceptors (Lipinski definition) is 6. The van der Waals surface area contributed by atoms with Gasteiger partial charge in [-0.1, -0.05) is 35.9 Å². The molecule has 1 amide bonds. The van der Waals surface area contributed by atoms with Crippen LogP contribution in [-0.2, 0) is 27.6 Å². The second-order valence-electron chi connectivity index (χ2n) is 8.39. The normalized spacial score (nSPS) is 16.9. The highest BCUT2D eigenvalue weighted by Crippen LogP contribution is 2.33. The van der Waals surface area contributed by atoms with Gasteiger partial charge in [0.05, 0.1) is 36.0 Å². The van der Waals surface area contributed by atoms with Crippen molar-refractivity contribution in [2.45, 2.75) is 30.3 Å². The molecule has 0 radical (unpaired) electrons. The Morgan fingerprint density at radius 2 is 1.71 bits per heavy atom.